The molecule has 1 N–H and O–H groups in total. The maximum Gasteiger partial charge on any atom is 0.223 e. The van der Waals surface area contributed by atoms with Crippen molar-refractivity contribution in [3.63, 3.8) is 0 Å². The Kier molecular flexibility index (Phi) is 6.39. The number of ether oxygens (including phenoxy) is 1. The van der Waals surface area contributed by atoms with Crippen LogP contribution in [0.1, 0.15) is 61.3 Å². The number of hydrogen-bond donors (Lipinski definition) is 1. The summed E-state index contributed by atoms with van der Waals surface area (Å²) in [7, 11) is 0. The number of fused-ring (bicyclic) bond motifs is 1. The Morgan fingerprint density at radius 2 is 2.14 bits per heavy atom. The summed E-state index contributed by atoms with van der Waals surface area (Å²) in [5.41, 5.74) is 3.36. The lowest BCUT2D eigenvalue weighted by atomic mass is 10.0. The number of piperidine rings is 1. The van der Waals surface area contributed by atoms with E-state index in [-0.39, 0.29) is 11.9 Å². The van der Waals surface area contributed by atoms with Crippen LogP contribution in [-0.4, -0.2) is 40.5 Å². The minimum absolute atomic E-state index is 0.197. The minimum atomic E-state index is 0.197. The quantitative estimate of drug-likeness (QED) is 0.815. The average Bonchev–Trinajstić information content (AvgIpc) is 2.78. The monoisotopic (exact) mass is 394 g/mol. The van der Waals surface area contributed by atoms with Crippen LogP contribution < -0.4 is 10.1 Å². The molecule has 6 heteroatoms. The SMILES string of the molecule is CCOc1ccc(CCC(=O)N2CCc3nc([C@H]4CCCCN4)ncc3C2)cc1. The zero-order valence-corrected chi connectivity index (χ0v) is 17.2. The Balaban J connectivity index is 1.32. The Labute approximate surface area is 172 Å². The van der Waals surface area contributed by atoms with E-state index in [4.69, 9.17) is 9.72 Å². The first kappa shape index (κ1) is 19.8. The lowest BCUT2D eigenvalue weighted by Crippen LogP contribution is -2.37. The highest BCUT2D eigenvalue weighted by atomic mass is 16.5. The van der Waals surface area contributed by atoms with Crippen molar-refractivity contribution in [3.05, 3.63) is 53.1 Å². The third kappa shape index (κ3) is 4.93. The summed E-state index contributed by atoms with van der Waals surface area (Å²) < 4.78 is 5.47. The lowest BCUT2D eigenvalue weighted by Gasteiger charge is -2.29. The largest absolute Gasteiger partial charge is 0.494 e. The summed E-state index contributed by atoms with van der Waals surface area (Å²) in [6.45, 7) is 5.04. The molecule has 0 bridgehead atoms. The van der Waals surface area contributed by atoms with E-state index in [1.807, 2.05) is 42.3 Å². The van der Waals surface area contributed by atoms with Crippen LogP contribution in [0, 0.1) is 0 Å². The molecule has 2 aromatic rings. The lowest BCUT2D eigenvalue weighted by molar-refractivity contribution is -0.132. The summed E-state index contributed by atoms with van der Waals surface area (Å²) in [6.07, 6.45) is 7.58. The molecule has 154 valence electrons. The number of nitrogens with one attached hydrogen (secondary N) is 1. The Morgan fingerprint density at radius 1 is 1.28 bits per heavy atom. The number of rotatable bonds is 6. The van der Waals surface area contributed by atoms with E-state index in [0.717, 1.165) is 60.7 Å². The number of aromatic nitrogens is 2. The number of nitrogens with zero attached hydrogens (tertiary/aromatic N) is 3. The van der Waals surface area contributed by atoms with Crippen molar-refractivity contribution in [2.75, 3.05) is 19.7 Å². The van der Waals surface area contributed by atoms with Gasteiger partial charge in [0.1, 0.15) is 11.6 Å². The van der Waals surface area contributed by atoms with Gasteiger partial charge >= 0.3 is 0 Å². The van der Waals surface area contributed by atoms with E-state index in [2.05, 4.69) is 10.3 Å². The molecule has 6 nitrogen and oxygen atoms in total. The number of aryl methyl sites for hydroxylation is 1. The molecule has 1 aromatic carbocycles. The fraction of sp³-hybridized carbons (Fsp3) is 0.522. The standard InChI is InChI=1S/C23H30N4O2/c1-2-29-19-9-6-17(7-10-19)8-11-22(28)27-14-12-20-18(16-27)15-25-23(26-20)21-5-3-4-13-24-21/h6-7,9-10,15,21,24H,2-5,8,11-14,16H2,1H3/t21-/m1/s1. The van der Waals surface area contributed by atoms with E-state index in [9.17, 15) is 4.79 Å². The minimum Gasteiger partial charge on any atom is -0.494 e. The van der Waals surface area contributed by atoms with E-state index >= 15 is 0 Å². The van der Waals surface area contributed by atoms with Crippen molar-refractivity contribution in [1.29, 1.82) is 0 Å². The van der Waals surface area contributed by atoms with Gasteiger partial charge in [-0.05, 0) is 50.4 Å². The summed E-state index contributed by atoms with van der Waals surface area (Å²) >= 11 is 0. The van der Waals surface area contributed by atoms with Gasteiger partial charge in [-0.25, -0.2) is 9.97 Å². The average molecular weight is 395 g/mol. The van der Waals surface area contributed by atoms with E-state index in [1.54, 1.807) is 0 Å². The molecule has 0 aliphatic carbocycles. The van der Waals surface area contributed by atoms with Gasteiger partial charge in [-0.15, -0.1) is 0 Å². The third-order valence-electron chi connectivity index (χ3n) is 5.79. The molecule has 1 amide bonds. The number of carbonyl (C=O) groups excluding carboxylic acids is 1. The number of amides is 1. The predicted molar refractivity (Wildman–Crippen MR) is 112 cm³/mol. The van der Waals surface area contributed by atoms with Crippen LogP contribution in [0.2, 0.25) is 0 Å². The normalized spacial score (nSPS) is 18.9. The van der Waals surface area contributed by atoms with Crippen molar-refractivity contribution in [2.24, 2.45) is 0 Å². The van der Waals surface area contributed by atoms with Crippen molar-refractivity contribution < 1.29 is 9.53 Å². The highest BCUT2D eigenvalue weighted by Crippen LogP contribution is 2.23. The van der Waals surface area contributed by atoms with Gasteiger partial charge in [-0.1, -0.05) is 18.6 Å². The van der Waals surface area contributed by atoms with Crippen LogP contribution in [0.4, 0.5) is 0 Å². The molecule has 0 spiro atoms. The van der Waals surface area contributed by atoms with Gasteiger partial charge < -0.3 is 15.0 Å². The molecule has 4 rings (SSSR count). The first-order valence-electron chi connectivity index (χ1n) is 10.8. The number of benzene rings is 1. The first-order valence-corrected chi connectivity index (χ1v) is 10.8. The van der Waals surface area contributed by atoms with Gasteiger partial charge in [0, 0.05) is 37.7 Å². The topological polar surface area (TPSA) is 67.3 Å². The molecule has 1 aromatic heterocycles. The maximum atomic E-state index is 12.7. The molecule has 0 saturated carbocycles. The van der Waals surface area contributed by atoms with Crippen molar-refractivity contribution in [2.45, 2.75) is 58.0 Å². The van der Waals surface area contributed by atoms with Crippen LogP contribution in [0.5, 0.6) is 5.75 Å². The highest BCUT2D eigenvalue weighted by Gasteiger charge is 2.24. The molecule has 0 radical (unpaired) electrons. The number of hydrogen-bond acceptors (Lipinski definition) is 5. The van der Waals surface area contributed by atoms with Gasteiger partial charge in [0.05, 0.1) is 18.3 Å². The van der Waals surface area contributed by atoms with Crippen LogP contribution in [0.3, 0.4) is 0 Å². The third-order valence-corrected chi connectivity index (χ3v) is 5.79. The smallest absolute Gasteiger partial charge is 0.223 e. The fourth-order valence-electron chi connectivity index (χ4n) is 4.11. The van der Waals surface area contributed by atoms with Crippen molar-refractivity contribution >= 4 is 5.91 Å². The summed E-state index contributed by atoms with van der Waals surface area (Å²) in [5, 5.41) is 3.51. The fourth-order valence-corrected chi connectivity index (χ4v) is 4.11. The molecule has 2 aliphatic rings. The predicted octanol–water partition coefficient (Wildman–Crippen LogP) is 3.21. The van der Waals surface area contributed by atoms with Gasteiger partial charge in [0.15, 0.2) is 0 Å². The van der Waals surface area contributed by atoms with Crippen LogP contribution >= 0.6 is 0 Å². The maximum absolute atomic E-state index is 12.7. The zero-order valence-electron chi connectivity index (χ0n) is 17.2. The zero-order chi connectivity index (χ0) is 20.1. The highest BCUT2D eigenvalue weighted by molar-refractivity contribution is 5.76. The first-order chi connectivity index (χ1) is 14.2. The molecular weight excluding hydrogens is 364 g/mol. The molecule has 0 unspecified atom stereocenters. The van der Waals surface area contributed by atoms with Crippen LogP contribution in [-0.2, 0) is 24.2 Å². The molecule has 1 fully saturated rings. The summed E-state index contributed by atoms with van der Waals surface area (Å²) in [4.78, 5) is 24.1. The summed E-state index contributed by atoms with van der Waals surface area (Å²) in [5.74, 6) is 1.99. The Bertz CT molecular complexity index is 831. The Hall–Kier alpha value is -2.47. The van der Waals surface area contributed by atoms with E-state index in [1.165, 1.54) is 12.8 Å². The number of carbonyl (C=O) groups is 1. The molecule has 1 atom stereocenters. The van der Waals surface area contributed by atoms with Crippen molar-refractivity contribution in [3.8, 4) is 5.75 Å². The van der Waals surface area contributed by atoms with E-state index in [0.29, 0.717) is 19.6 Å². The van der Waals surface area contributed by atoms with Gasteiger partial charge in [0.2, 0.25) is 5.91 Å². The van der Waals surface area contributed by atoms with Crippen molar-refractivity contribution in [1.82, 2.24) is 20.2 Å². The summed E-state index contributed by atoms with van der Waals surface area (Å²) in [6, 6.07) is 8.30. The van der Waals surface area contributed by atoms with Gasteiger partial charge in [0.25, 0.3) is 0 Å². The second kappa shape index (κ2) is 9.35. The van der Waals surface area contributed by atoms with Crippen LogP contribution in [0.25, 0.3) is 0 Å². The molecule has 29 heavy (non-hydrogen) atoms. The molecule has 2 aliphatic heterocycles. The second-order valence-electron chi connectivity index (χ2n) is 7.84. The van der Waals surface area contributed by atoms with Crippen LogP contribution in [0.15, 0.2) is 30.5 Å². The van der Waals surface area contributed by atoms with E-state index < -0.39 is 0 Å². The van der Waals surface area contributed by atoms with Gasteiger partial charge in [-0.3, -0.25) is 4.79 Å². The molecular formula is C23H30N4O2. The van der Waals surface area contributed by atoms with Gasteiger partial charge in [-0.2, -0.15) is 0 Å². The second-order valence-corrected chi connectivity index (χ2v) is 7.84. The molecule has 3 heterocycles. The molecule has 1 saturated heterocycles. The Morgan fingerprint density at radius 3 is 2.90 bits per heavy atom.